The van der Waals surface area contributed by atoms with E-state index in [4.69, 9.17) is 37.0 Å². The van der Waals surface area contributed by atoms with E-state index in [-0.39, 0.29) is 25.7 Å². The zero-order chi connectivity index (χ0) is 72.4. The van der Waals surface area contributed by atoms with Crippen molar-refractivity contribution in [2.24, 2.45) is 23.7 Å². The average molecular weight is 1440 g/mol. The van der Waals surface area contributed by atoms with Crippen LogP contribution in [0.4, 0.5) is 0 Å². The van der Waals surface area contributed by atoms with Gasteiger partial charge in [0.15, 0.2) is 12.2 Å². The van der Waals surface area contributed by atoms with E-state index in [2.05, 4.69) is 55.4 Å². The summed E-state index contributed by atoms with van der Waals surface area (Å²) in [5.74, 6) is 0.999. The van der Waals surface area contributed by atoms with Gasteiger partial charge in [0.1, 0.15) is 19.3 Å². The summed E-state index contributed by atoms with van der Waals surface area (Å²) in [5, 5.41) is 10.6. The van der Waals surface area contributed by atoms with E-state index < -0.39 is 97.5 Å². The lowest BCUT2D eigenvalue weighted by Crippen LogP contribution is -2.30. The van der Waals surface area contributed by atoms with Crippen LogP contribution in [0.15, 0.2) is 0 Å². The molecule has 6 atom stereocenters. The van der Waals surface area contributed by atoms with Crippen molar-refractivity contribution < 1.29 is 80.2 Å². The second-order valence-electron chi connectivity index (χ2n) is 30.1. The van der Waals surface area contributed by atoms with Crippen molar-refractivity contribution in [1.82, 2.24) is 0 Å². The summed E-state index contributed by atoms with van der Waals surface area (Å²) in [6.07, 6.45) is 54.0. The summed E-state index contributed by atoms with van der Waals surface area (Å²) in [7, 11) is -9.92. The third-order valence-corrected chi connectivity index (χ3v) is 20.6. The van der Waals surface area contributed by atoms with Gasteiger partial charge in [0, 0.05) is 25.7 Å². The number of aliphatic hydroxyl groups excluding tert-OH is 1. The first-order chi connectivity index (χ1) is 47.1. The molecule has 0 saturated heterocycles. The number of aliphatic hydroxyl groups is 1. The number of phosphoric acid groups is 2. The minimum atomic E-state index is -4.96. The molecule has 0 bridgehead atoms. The van der Waals surface area contributed by atoms with Crippen LogP contribution in [0.3, 0.4) is 0 Å². The number of ether oxygens (including phenoxy) is 4. The molecule has 98 heavy (non-hydrogen) atoms. The van der Waals surface area contributed by atoms with Crippen molar-refractivity contribution in [3.63, 3.8) is 0 Å². The highest BCUT2D eigenvalue weighted by Gasteiger charge is 2.30. The maximum atomic E-state index is 13.1. The predicted octanol–water partition coefficient (Wildman–Crippen LogP) is 23.2. The van der Waals surface area contributed by atoms with E-state index in [1.54, 1.807) is 0 Å². The highest BCUT2D eigenvalue weighted by Crippen LogP contribution is 2.45. The van der Waals surface area contributed by atoms with Crippen molar-refractivity contribution in [2.45, 2.75) is 420 Å². The molecule has 17 nitrogen and oxygen atoms in total. The van der Waals surface area contributed by atoms with Crippen LogP contribution in [0.25, 0.3) is 0 Å². The van der Waals surface area contributed by atoms with Crippen molar-refractivity contribution in [2.75, 3.05) is 39.6 Å². The standard InChI is InChI=1S/C79H154O17P2/c1-9-72(8)58-50-42-34-25-18-14-10-11-15-20-27-37-45-53-61-78(83)95-74(65-89-76(81)59-51-43-35-26-19-16-12-13-17-23-31-39-47-55-69(2)3)67-93-97(85,86)91-63-73(80)64-92-98(87,88)94-68-75(66-90-77(82)60-52-44-36-30-29-33-41-49-57-71(6)7)96-79(84)62-54-46-38-28-22-21-24-32-40-48-56-70(4)5/h69-75,80H,9-68H2,1-8H3,(H,85,86)(H,87,88)/t72?,73?,74-,75-/m1/s1. The van der Waals surface area contributed by atoms with E-state index >= 15 is 0 Å². The molecule has 0 aromatic rings. The van der Waals surface area contributed by atoms with Gasteiger partial charge in [-0.3, -0.25) is 37.3 Å². The van der Waals surface area contributed by atoms with Crippen LogP contribution in [-0.2, 0) is 65.4 Å². The topological polar surface area (TPSA) is 237 Å². The molecule has 0 rings (SSSR count). The van der Waals surface area contributed by atoms with Gasteiger partial charge in [0.2, 0.25) is 0 Å². The van der Waals surface area contributed by atoms with Crippen LogP contribution >= 0.6 is 15.6 Å². The summed E-state index contributed by atoms with van der Waals surface area (Å²) < 4.78 is 68.7. The number of hydrogen-bond acceptors (Lipinski definition) is 15. The summed E-state index contributed by atoms with van der Waals surface area (Å²) in [6, 6.07) is 0. The smallest absolute Gasteiger partial charge is 0.462 e. The summed E-state index contributed by atoms with van der Waals surface area (Å²) in [4.78, 5) is 73.0. The molecule has 0 amide bonds. The number of esters is 4. The number of rotatable bonds is 76. The molecule has 0 spiro atoms. The first-order valence-electron chi connectivity index (χ1n) is 40.7. The largest absolute Gasteiger partial charge is 0.472 e. The second kappa shape index (κ2) is 68.2. The van der Waals surface area contributed by atoms with Gasteiger partial charge in [0.25, 0.3) is 0 Å². The van der Waals surface area contributed by atoms with Crippen molar-refractivity contribution in [1.29, 1.82) is 0 Å². The highest BCUT2D eigenvalue weighted by molar-refractivity contribution is 7.47. The van der Waals surface area contributed by atoms with E-state index in [0.29, 0.717) is 25.7 Å². The van der Waals surface area contributed by atoms with Gasteiger partial charge in [-0.25, -0.2) is 9.13 Å². The Morgan fingerprint density at radius 3 is 0.724 bits per heavy atom. The maximum absolute atomic E-state index is 13.1. The van der Waals surface area contributed by atoms with Gasteiger partial charge in [-0.1, -0.05) is 351 Å². The third-order valence-electron chi connectivity index (χ3n) is 18.7. The van der Waals surface area contributed by atoms with Crippen LogP contribution < -0.4 is 0 Å². The minimum Gasteiger partial charge on any atom is -0.462 e. The number of hydrogen-bond donors (Lipinski definition) is 3. The highest BCUT2D eigenvalue weighted by atomic mass is 31.2. The van der Waals surface area contributed by atoms with E-state index in [1.165, 1.54) is 205 Å². The van der Waals surface area contributed by atoms with Crippen molar-refractivity contribution >= 4 is 39.5 Å². The number of carbonyl (C=O) groups excluding carboxylic acids is 4. The molecule has 0 saturated carbocycles. The normalized spacial score (nSPS) is 14.3. The molecule has 0 aromatic heterocycles. The fourth-order valence-corrected chi connectivity index (χ4v) is 13.6. The zero-order valence-electron chi connectivity index (χ0n) is 64.4. The summed E-state index contributed by atoms with van der Waals surface area (Å²) >= 11 is 0. The monoisotopic (exact) mass is 1440 g/mol. The predicted molar refractivity (Wildman–Crippen MR) is 400 cm³/mol. The lowest BCUT2D eigenvalue weighted by atomic mass is 9.99. The first-order valence-corrected chi connectivity index (χ1v) is 43.7. The fraction of sp³-hybridized carbons (Fsp3) is 0.949. The Labute approximate surface area is 600 Å². The van der Waals surface area contributed by atoms with Gasteiger partial charge in [-0.2, -0.15) is 0 Å². The van der Waals surface area contributed by atoms with Crippen molar-refractivity contribution in [3.05, 3.63) is 0 Å². The van der Waals surface area contributed by atoms with Crippen molar-refractivity contribution in [3.8, 4) is 0 Å². The van der Waals surface area contributed by atoms with Crippen LogP contribution in [0, 0.1) is 23.7 Å². The zero-order valence-corrected chi connectivity index (χ0v) is 66.2. The van der Waals surface area contributed by atoms with Gasteiger partial charge < -0.3 is 33.8 Å². The molecule has 0 heterocycles. The Hall–Kier alpha value is -1.94. The molecule has 0 aromatic carbocycles. The van der Waals surface area contributed by atoms with E-state index in [9.17, 15) is 43.2 Å². The number of carbonyl (C=O) groups is 4. The van der Waals surface area contributed by atoms with E-state index in [1.807, 2.05) is 0 Å². The SMILES string of the molecule is CCC(C)CCCCCCCCCCCCCCCCC(=O)O[C@H](COC(=O)CCCCCCCCCCCCCCCC(C)C)COP(=O)(O)OCC(O)COP(=O)(O)OC[C@@H](COC(=O)CCCCCCCCCCC(C)C)OC(=O)CCCCCCCCCCCCC(C)C. The molecule has 4 unspecified atom stereocenters. The molecule has 0 aliphatic carbocycles. The summed E-state index contributed by atoms with van der Waals surface area (Å²) in [5.41, 5.74) is 0. The summed E-state index contributed by atoms with van der Waals surface area (Å²) in [6.45, 7) is 14.3. The molecule has 3 N–H and O–H groups in total. The van der Waals surface area contributed by atoms with Crippen LogP contribution in [0.5, 0.6) is 0 Å². The Morgan fingerprint density at radius 1 is 0.286 bits per heavy atom. The average Bonchev–Trinajstić information content (AvgIpc) is 1.00. The lowest BCUT2D eigenvalue weighted by Gasteiger charge is -2.21. The Bertz CT molecular complexity index is 1920. The molecule has 0 radical (unpaired) electrons. The Morgan fingerprint density at radius 2 is 0.490 bits per heavy atom. The van der Waals surface area contributed by atoms with E-state index in [0.717, 1.165) is 114 Å². The molecular formula is C79H154O17P2. The van der Waals surface area contributed by atoms with Gasteiger partial charge in [-0.15, -0.1) is 0 Å². The fourth-order valence-electron chi connectivity index (χ4n) is 12.0. The van der Waals surface area contributed by atoms with Gasteiger partial charge >= 0.3 is 39.5 Å². The molecule has 0 fully saturated rings. The number of phosphoric ester groups is 2. The molecular weight excluding hydrogens is 1280 g/mol. The molecule has 19 heteroatoms. The third kappa shape index (κ3) is 71.1. The van der Waals surface area contributed by atoms with Crippen LogP contribution in [0.2, 0.25) is 0 Å². The number of unbranched alkanes of at least 4 members (excludes halogenated alkanes) is 41. The first kappa shape index (κ1) is 96.1. The molecule has 582 valence electrons. The quantitative estimate of drug-likeness (QED) is 0.0222. The Kier molecular flexibility index (Phi) is 66.8. The van der Waals surface area contributed by atoms with Gasteiger partial charge in [0.05, 0.1) is 26.4 Å². The van der Waals surface area contributed by atoms with Gasteiger partial charge in [-0.05, 0) is 49.4 Å². The van der Waals surface area contributed by atoms with Crippen LogP contribution in [-0.4, -0.2) is 96.7 Å². The Balaban J connectivity index is 5.26. The molecule has 0 aliphatic heterocycles. The molecule has 0 aliphatic rings. The maximum Gasteiger partial charge on any atom is 0.472 e. The second-order valence-corrected chi connectivity index (χ2v) is 33.0. The van der Waals surface area contributed by atoms with Crippen LogP contribution in [0.1, 0.15) is 402 Å². The minimum absolute atomic E-state index is 0.105. The lowest BCUT2D eigenvalue weighted by molar-refractivity contribution is -0.161.